The van der Waals surface area contributed by atoms with Crippen LogP contribution in [-0.2, 0) is 9.84 Å². The predicted molar refractivity (Wildman–Crippen MR) is 137 cm³/mol. The number of nitrogens with zero attached hydrogens (tertiary/aromatic N) is 2. The van der Waals surface area contributed by atoms with Crippen molar-refractivity contribution in [2.75, 3.05) is 25.7 Å². The topological polar surface area (TPSA) is 80.7 Å². The fraction of sp³-hybridized carbons (Fsp3) is 0.417. The van der Waals surface area contributed by atoms with Crippen LogP contribution in [0.25, 0.3) is 10.2 Å². The number of fused-ring (bicyclic) bond motifs is 1. The molecule has 3 rings (SSSR count). The molecule has 1 heterocycles. The third-order valence-electron chi connectivity index (χ3n) is 4.78. The number of rotatable bonds is 7. The van der Waals surface area contributed by atoms with E-state index in [1.165, 1.54) is 43.6 Å². The quantitative estimate of drug-likeness (QED) is 0.408. The van der Waals surface area contributed by atoms with Crippen LogP contribution in [0.2, 0.25) is 0 Å². The van der Waals surface area contributed by atoms with Gasteiger partial charge in [0.2, 0.25) is 0 Å². The second-order valence-electron chi connectivity index (χ2n) is 7.99. The van der Waals surface area contributed by atoms with Crippen LogP contribution in [-0.4, -0.2) is 40.0 Å². The third kappa shape index (κ3) is 6.77. The Balaban J connectivity index is 0.000000534. The van der Waals surface area contributed by atoms with Crippen molar-refractivity contribution in [3.8, 4) is 5.75 Å². The molecular weight excluding hydrogens is 442 g/mol. The molecule has 0 saturated carbocycles. The first-order chi connectivity index (χ1) is 15.1. The lowest BCUT2D eigenvalue weighted by atomic mass is 10.1. The first kappa shape index (κ1) is 25.8. The highest BCUT2D eigenvalue weighted by molar-refractivity contribution is 7.90. The number of sulfone groups is 1. The van der Waals surface area contributed by atoms with Crippen LogP contribution in [0, 0.1) is 12.8 Å². The van der Waals surface area contributed by atoms with E-state index in [1.807, 2.05) is 19.1 Å². The minimum atomic E-state index is -3.32. The Bertz CT molecular complexity index is 1180. The maximum Gasteiger partial charge on any atom is 0.188 e. The van der Waals surface area contributed by atoms with Crippen molar-refractivity contribution in [1.82, 2.24) is 4.98 Å². The van der Waals surface area contributed by atoms with E-state index in [4.69, 9.17) is 4.74 Å². The molecule has 32 heavy (non-hydrogen) atoms. The Labute approximate surface area is 195 Å². The summed E-state index contributed by atoms with van der Waals surface area (Å²) < 4.78 is 30.0. The molecule has 2 aromatic carbocycles. The minimum Gasteiger partial charge on any atom is -0.495 e. The zero-order chi connectivity index (χ0) is 23.9. The number of aromatic nitrogens is 1. The Morgan fingerprint density at radius 2 is 1.97 bits per heavy atom. The number of aliphatic imine (C=N–C) groups is 1. The Hall–Kier alpha value is -2.45. The van der Waals surface area contributed by atoms with Crippen molar-refractivity contribution in [3.05, 3.63) is 41.5 Å². The van der Waals surface area contributed by atoms with Gasteiger partial charge in [0.25, 0.3) is 0 Å². The fourth-order valence-corrected chi connectivity index (χ4v) is 4.71. The number of anilines is 2. The van der Waals surface area contributed by atoms with E-state index in [1.54, 1.807) is 25.4 Å². The lowest BCUT2D eigenvalue weighted by Crippen LogP contribution is -2.00. The van der Waals surface area contributed by atoms with Crippen LogP contribution in [0.15, 0.2) is 40.2 Å². The molecule has 1 aromatic heterocycles. The number of thiazole rings is 1. The summed E-state index contributed by atoms with van der Waals surface area (Å²) >= 11 is 1.48. The van der Waals surface area contributed by atoms with Crippen LogP contribution >= 0.6 is 11.3 Å². The number of hydrogen-bond donors (Lipinski definition) is 1. The number of methoxy groups -OCH3 is 1. The second kappa shape index (κ2) is 11.4. The molecule has 3 aromatic rings. The molecular formula is C24H33N3O3S2. The van der Waals surface area contributed by atoms with Gasteiger partial charge in [0.1, 0.15) is 5.75 Å². The van der Waals surface area contributed by atoms with E-state index >= 15 is 0 Å². The largest absolute Gasteiger partial charge is 0.495 e. The average molecular weight is 476 g/mol. The average Bonchev–Trinajstić information content (AvgIpc) is 3.12. The van der Waals surface area contributed by atoms with E-state index in [-0.39, 0.29) is 4.90 Å². The maximum absolute atomic E-state index is 11.8. The summed E-state index contributed by atoms with van der Waals surface area (Å²) in [5.41, 5.74) is 3.49. The van der Waals surface area contributed by atoms with E-state index in [2.05, 4.69) is 36.1 Å². The second-order valence-corrected chi connectivity index (χ2v) is 11.0. The van der Waals surface area contributed by atoms with Crippen LogP contribution in [0.1, 0.15) is 44.7 Å². The standard InChI is InChI=1S/C18H19N3O3S2.C6H14/c1-11-5-8-16-17(13(11)10-19-2)21-18(25-16)20-14-9-12(26(4,22)23)6-7-15(14)24-3;1-4-5-6(2)3/h5-10H,1-4H3,(H,20,21);6H,4-5H2,1-3H3. The summed E-state index contributed by atoms with van der Waals surface area (Å²) in [7, 11) is -0.0495. The van der Waals surface area contributed by atoms with Gasteiger partial charge in [0.15, 0.2) is 15.0 Å². The molecule has 0 atom stereocenters. The third-order valence-corrected chi connectivity index (χ3v) is 6.83. The van der Waals surface area contributed by atoms with Crippen molar-refractivity contribution in [2.45, 2.75) is 45.4 Å². The number of hydrogen-bond acceptors (Lipinski definition) is 7. The summed E-state index contributed by atoms with van der Waals surface area (Å²) in [4.78, 5) is 8.99. The van der Waals surface area contributed by atoms with Crippen LogP contribution in [0.4, 0.5) is 10.8 Å². The molecule has 6 nitrogen and oxygen atoms in total. The minimum absolute atomic E-state index is 0.219. The smallest absolute Gasteiger partial charge is 0.188 e. The number of nitrogens with one attached hydrogen (secondary N) is 1. The molecule has 0 fully saturated rings. The van der Waals surface area contributed by atoms with Crippen molar-refractivity contribution in [3.63, 3.8) is 0 Å². The van der Waals surface area contributed by atoms with Gasteiger partial charge in [0.05, 0.1) is 27.9 Å². The predicted octanol–water partition coefficient (Wildman–Crippen LogP) is 6.25. The van der Waals surface area contributed by atoms with Crippen molar-refractivity contribution >= 4 is 48.4 Å². The maximum atomic E-state index is 11.8. The summed E-state index contributed by atoms with van der Waals surface area (Å²) in [5.74, 6) is 1.44. The normalized spacial score (nSPS) is 11.6. The summed E-state index contributed by atoms with van der Waals surface area (Å²) in [6, 6.07) is 8.76. The van der Waals surface area contributed by atoms with Gasteiger partial charge in [-0.15, -0.1) is 0 Å². The van der Waals surface area contributed by atoms with E-state index in [9.17, 15) is 8.42 Å². The molecule has 0 bridgehead atoms. The van der Waals surface area contributed by atoms with Crippen molar-refractivity contribution < 1.29 is 13.2 Å². The van der Waals surface area contributed by atoms with E-state index in [0.29, 0.717) is 16.6 Å². The number of ether oxygens (including phenoxy) is 1. The molecule has 0 aliphatic carbocycles. The lowest BCUT2D eigenvalue weighted by Gasteiger charge is -2.10. The summed E-state index contributed by atoms with van der Waals surface area (Å²) in [5, 5.41) is 3.84. The van der Waals surface area contributed by atoms with Gasteiger partial charge >= 0.3 is 0 Å². The van der Waals surface area contributed by atoms with Crippen LogP contribution < -0.4 is 10.1 Å². The van der Waals surface area contributed by atoms with Gasteiger partial charge in [-0.05, 0) is 42.7 Å². The Kier molecular flexibility index (Phi) is 9.21. The molecule has 0 amide bonds. The number of aryl methyl sites for hydroxylation is 1. The highest BCUT2D eigenvalue weighted by Crippen LogP contribution is 2.35. The van der Waals surface area contributed by atoms with Gasteiger partial charge in [-0.1, -0.05) is 51.0 Å². The highest BCUT2D eigenvalue weighted by Gasteiger charge is 2.14. The van der Waals surface area contributed by atoms with Gasteiger partial charge in [0, 0.05) is 25.1 Å². The first-order valence-electron chi connectivity index (χ1n) is 10.6. The first-order valence-corrected chi connectivity index (χ1v) is 13.3. The molecule has 0 unspecified atom stereocenters. The molecule has 8 heteroatoms. The molecule has 0 spiro atoms. The molecule has 0 radical (unpaired) electrons. The molecule has 0 aliphatic heterocycles. The highest BCUT2D eigenvalue weighted by atomic mass is 32.2. The van der Waals surface area contributed by atoms with E-state index < -0.39 is 9.84 Å². The van der Waals surface area contributed by atoms with Gasteiger partial charge in [-0.25, -0.2) is 13.4 Å². The lowest BCUT2D eigenvalue weighted by molar-refractivity contribution is 0.416. The molecule has 1 N–H and O–H groups in total. The fourth-order valence-electron chi connectivity index (χ4n) is 3.17. The van der Waals surface area contributed by atoms with Crippen LogP contribution in [0.5, 0.6) is 5.75 Å². The molecule has 0 aliphatic rings. The van der Waals surface area contributed by atoms with Gasteiger partial charge in [-0.3, -0.25) is 4.99 Å². The van der Waals surface area contributed by atoms with Crippen molar-refractivity contribution in [1.29, 1.82) is 0 Å². The van der Waals surface area contributed by atoms with E-state index in [0.717, 1.165) is 27.3 Å². The van der Waals surface area contributed by atoms with Crippen LogP contribution in [0.3, 0.4) is 0 Å². The summed E-state index contributed by atoms with van der Waals surface area (Å²) in [6.07, 6.45) is 5.68. The Morgan fingerprint density at radius 1 is 1.25 bits per heavy atom. The monoisotopic (exact) mass is 475 g/mol. The van der Waals surface area contributed by atoms with Crippen molar-refractivity contribution in [2.24, 2.45) is 10.9 Å². The molecule has 0 saturated heterocycles. The number of benzene rings is 2. The SMILES string of the molecule is CCCC(C)C.CN=Cc1c(C)ccc2sc(Nc3cc(S(C)(=O)=O)ccc3OC)nc12. The zero-order valence-corrected chi connectivity index (χ0v) is 21.5. The zero-order valence-electron chi connectivity index (χ0n) is 19.9. The molecule has 174 valence electrons. The summed E-state index contributed by atoms with van der Waals surface area (Å²) in [6.45, 7) is 8.74. The van der Waals surface area contributed by atoms with Gasteiger partial charge in [-0.2, -0.15) is 0 Å². The Morgan fingerprint density at radius 3 is 2.50 bits per heavy atom. The van der Waals surface area contributed by atoms with Gasteiger partial charge < -0.3 is 10.1 Å².